The minimum atomic E-state index is -1.19. The quantitative estimate of drug-likeness (QED) is 0.811. The standard InChI is InChI=1S/C13H11FN2O3S/c14-10-4-3-8(12(17)18)6-11(10)16-13(19)15-7-9-2-1-5-20-9/h1-6H,7H2,(H,17,18)(H2,15,16,19). The Labute approximate surface area is 118 Å². The number of anilines is 1. The van der Waals surface area contributed by atoms with Crippen molar-refractivity contribution in [3.8, 4) is 0 Å². The second kappa shape index (κ2) is 6.16. The molecule has 0 aliphatic rings. The minimum absolute atomic E-state index is 0.0973. The highest BCUT2D eigenvalue weighted by molar-refractivity contribution is 7.09. The molecule has 0 unspecified atom stereocenters. The van der Waals surface area contributed by atoms with Crippen LogP contribution in [-0.2, 0) is 6.54 Å². The zero-order chi connectivity index (χ0) is 14.5. The van der Waals surface area contributed by atoms with Crippen LogP contribution in [-0.4, -0.2) is 17.1 Å². The average Bonchev–Trinajstić information content (AvgIpc) is 2.92. The van der Waals surface area contributed by atoms with Crippen LogP contribution in [0, 0.1) is 5.82 Å². The third-order valence-corrected chi connectivity index (χ3v) is 3.34. The number of amides is 2. The van der Waals surface area contributed by atoms with Crippen LogP contribution in [0.4, 0.5) is 14.9 Å². The lowest BCUT2D eigenvalue weighted by atomic mass is 10.2. The maximum atomic E-state index is 13.5. The summed E-state index contributed by atoms with van der Waals surface area (Å²) in [6.45, 7) is 0.323. The first-order valence-corrected chi connectivity index (χ1v) is 6.54. The van der Waals surface area contributed by atoms with Crippen LogP contribution in [0.2, 0.25) is 0 Å². The fraction of sp³-hybridized carbons (Fsp3) is 0.0769. The van der Waals surface area contributed by atoms with Crippen LogP contribution in [0.1, 0.15) is 15.2 Å². The molecule has 104 valence electrons. The molecule has 0 atom stereocenters. The average molecular weight is 294 g/mol. The maximum absolute atomic E-state index is 13.5. The number of hydrogen-bond acceptors (Lipinski definition) is 3. The summed E-state index contributed by atoms with van der Waals surface area (Å²) >= 11 is 1.49. The number of rotatable bonds is 4. The number of carboxylic acids is 1. The monoisotopic (exact) mass is 294 g/mol. The molecule has 5 nitrogen and oxygen atoms in total. The fourth-order valence-electron chi connectivity index (χ4n) is 1.50. The Morgan fingerprint density at radius 3 is 2.75 bits per heavy atom. The third kappa shape index (κ3) is 3.55. The van der Waals surface area contributed by atoms with Crippen LogP contribution in [0.3, 0.4) is 0 Å². The lowest BCUT2D eigenvalue weighted by Gasteiger charge is -2.08. The summed E-state index contributed by atoms with van der Waals surface area (Å²) in [5, 5.41) is 15.5. The van der Waals surface area contributed by atoms with Crippen LogP contribution >= 0.6 is 11.3 Å². The molecule has 0 spiro atoms. The molecule has 2 amide bonds. The SMILES string of the molecule is O=C(NCc1cccs1)Nc1cc(C(=O)O)ccc1F. The highest BCUT2D eigenvalue weighted by Gasteiger charge is 2.10. The molecule has 2 aromatic rings. The van der Waals surface area contributed by atoms with E-state index in [1.165, 1.54) is 11.3 Å². The van der Waals surface area contributed by atoms with E-state index in [4.69, 9.17) is 5.11 Å². The van der Waals surface area contributed by atoms with Crippen LogP contribution < -0.4 is 10.6 Å². The lowest BCUT2D eigenvalue weighted by Crippen LogP contribution is -2.28. The molecule has 0 radical (unpaired) electrons. The molecule has 0 saturated heterocycles. The Balaban J connectivity index is 2.00. The predicted octanol–water partition coefficient (Wildman–Crippen LogP) is 2.91. The molecule has 1 aromatic heterocycles. The second-order valence-corrected chi connectivity index (χ2v) is 4.92. The zero-order valence-electron chi connectivity index (χ0n) is 10.2. The number of carboxylic acid groups (broad SMARTS) is 1. The van der Waals surface area contributed by atoms with E-state index >= 15 is 0 Å². The molecule has 0 bridgehead atoms. The zero-order valence-corrected chi connectivity index (χ0v) is 11.0. The van der Waals surface area contributed by atoms with Gasteiger partial charge in [-0.2, -0.15) is 0 Å². The molecule has 0 saturated carbocycles. The van der Waals surface area contributed by atoms with Gasteiger partial charge in [-0.05, 0) is 29.6 Å². The van der Waals surface area contributed by atoms with Gasteiger partial charge in [-0.1, -0.05) is 6.07 Å². The van der Waals surface area contributed by atoms with Crippen molar-refractivity contribution in [2.24, 2.45) is 0 Å². The molecule has 0 fully saturated rings. The van der Waals surface area contributed by atoms with Gasteiger partial charge in [0.15, 0.2) is 0 Å². The number of benzene rings is 1. The first-order valence-electron chi connectivity index (χ1n) is 5.66. The number of carbonyl (C=O) groups is 2. The summed E-state index contributed by atoms with van der Waals surface area (Å²) in [6, 6.07) is 6.32. The fourth-order valence-corrected chi connectivity index (χ4v) is 2.15. The Morgan fingerprint density at radius 1 is 1.30 bits per heavy atom. The lowest BCUT2D eigenvalue weighted by molar-refractivity contribution is 0.0697. The molecule has 0 aliphatic heterocycles. The first kappa shape index (κ1) is 14.0. The first-order chi connectivity index (χ1) is 9.56. The van der Waals surface area contributed by atoms with Crippen molar-refractivity contribution >= 4 is 29.0 Å². The third-order valence-electron chi connectivity index (χ3n) is 2.46. The number of carbonyl (C=O) groups excluding carboxylic acids is 1. The van der Waals surface area contributed by atoms with Crippen LogP contribution in [0.15, 0.2) is 35.7 Å². The van der Waals surface area contributed by atoms with E-state index in [9.17, 15) is 14.0 Å². The second-order valence-electron chi connectivity index (χ2n) is 3.89. The topological polar surface area (TPSA) is 78.4 Å². The number of thiophene rings is 1. The summed E-state index contributed by atoms with van der Waals surface area (Å²) in [5.74, 6) is -1.88. The van der Waals surface area contributed by atoms with E-state index in [0.29, 0.717) is 6.54 Å². The summed E-state index contributed by atoms with van der Waals surface area (Å²) in [5.41, 5.74) is -0.270. The molecular weight excluding hydrogens is 283 g/mol. The van der Waals surface area contributed by atoms with Gasteiger partial charge in [0.25, 0.3) is 0 Å². The van der Waals surface area contributed by atoms with E-state index in [0.717, 1.165) is 23.1 Å². The molecule has 0 aliphatic carbocycles. The summed E-state index contributed by atoms with van der Waals surface area (Å²) < 4.78 is 13.5. The number of halogens is 1. The predicted molar refractivity (Wildman–Crippen MR) is 73.5 cm³/mol. The van der Waals surface area contributed by atoms with Gasteiger partial charge in [0.05, 0.1) is 17.8 Å². The van der Waals surface area contributed by atoms with E-state index in [1.807, 2.05) is 17.5 Å². The number of nitrogens with one attached hydrogen (secondary N) is 2. The van der Waals surface area contributed by atoms with Crippen LogP contribution in [0.25, 0.3) is 0 Å². The van der Waals surface area contributed by atoms with Crippen molar-refractivity contribution < 1.29 is 19.1 Å². The van der Waals surface area contributed by atoms with Gasteiger partial charge in [0.2, 0.25) is 0 Å². The van der Waals surface area contributed by atoms with Gasteiger partial charge in [0, 0.05) is 4.88 Å². The highest BCUT2D eigenvalue weighted by atomic mass is 32.1. The van der Waals surface area contributed by atoms with Gasteiger partial charge in [0.1, 0.15) is 5.82 Å². The number of hydrogen-bond donors (Lipinski definition) is 3. The summed E-state index contributed by atoms with van der Waals surface area (Å²) in [7, 11) is 0. The van der Waals surface area contributed by atoms with Gasteiger partial charge < -0.3 is 15.7 Å². The van der Waals surface area contributed by atoms with Crippen molar-refractivity contribution in [3.05, 3.63) is 52.0 Å². The number of urea groups is 1. The molecule has 2 rings (SSSR count). The normalized spacial score (nSPS) is 10.1. The molecule has 7 heteroatoms. The smallest absolute Gasteiger partial charge is 0.335 e. The molecule has 20 heavy (non-hydrogen) atoms. The van der Waals surface area contributed by atoms with Crippen molar-refractivity contribution in [3.63, 3.8) is 0 Å². The Morgan fingerprint density at radius 2 is 2.10 bits per heavy atom. The summed E-state index contributed by atoms with van der Waals surface area (Å²) in [6.07, 6.45) is 0. The van der Waals surface area contributed by atoms with Crippen molar-refractivity contribution in [1.29, 1.82) is 0 Å². The number of aromatic carboxylic acids is 1. The minimum Gasteiger partial charge on any atom is -0.478 e. The van der Waals surface area contributed by atoms with Gasteiger partial charge in [-0.3, -0.25) is 0 Å². The van der Waals surface area contributed by atoms with Crippen molar-refractivity contribution in [2.45, 2.75) is 6.54 Å². The van der Waals surface area contributed by atoms with E-state index < -0.39 is 17.8 Å². The van der Waals surface area contributed by atoms with Gasteiger partial charge >= 0.3 is 12.0 Å². The van der Waals surface area contributed by atoms with Crippen molar-refractivity contribution in [1.82, 2.24) is 5.32 Å². The molecule has 1 heterocycles. The van der Waals surface area contributed by atoms with Crippen LogP contribution in [0.5, 0.6) is 0 Å². The Kier molecular flexibility index (Phi) is 4.31. The largest absolute Gasteiger partial charge is 0.478 e. The van der Waals surface area contributed by atoms with Gasteiger partial charge in [-0.25, -0.2) is 14.0 Å². The van der Waals surface area contributed by atoms with E-state index in [1.54, 1.807) is 0 Å². The maximum Gasteiger partial charge on any atom is 0.335 e. The Bertz CT molecular complexity index is 629. The highest BCUT2D eigenvalue weighted by Crippen LogP contribution is 2.16. The summed E-state index contributed by atoms with van der Waals surface area (Å²) in [4.78, 5) is 23.3. The molecular formula is C13H11FN2O3S. The molecule has 1 aromatic carbocycles. The molecule has 3 N–H and O–H groups in total. The van der Waals surface area contributed by atoms with Crippen molar-refractivity contribution in [2.75, 3.05) is 5.32 Å². The van der Waals surface area contributed by atoms with E-state index in [2.05, 4.69) is 10.6 Å². The van der Waals surface area contributed by atoms with E-state index in [-0.39, 0.29) is 11.3 Å². The Hall–Kier alpha value is -2.41. The van der Waals surface area contributed by atoms with Gasteiger partial charge in [-0.15, -0.1) is 11.3 Å².